The number of aryl methyl sites for hydroxylation is 2. The predicted molar refractivity (Wildman–Crippen MR) is 64.8 cm³/mol. The summed E-state index contributed by atoms with van der Waals surface area (Å²) in [6, 6.07) is 6.14. The van der Waals surface area contributed by atoms with E-state index in [2.05, 4.69) is 35.1 Å². The molecule has 0 saturated heterocycles. The molecule has 0 aliphatic heterocycles. The molecular weight excluding hydrogens is 204 g/mol. The van der Waals surface area contributed by atoms with Gasteiger partial charge in [-0.15, -0.1) is 11.3 Å². The Morgan fingerprint density at radius 3 is 2.67 bits per heavy atom. The maximum Gasteiger partial charge on any atom is 0.125 e. The third-order valence-corrected chi connectivity index (χ3v) is 2.94. The zero-order valence-electron chi connectivity index (χ0n) is 8.77. The molecule has 0 aliphatic rings. The summed E-state index contributed by atoms with van der Waals surface area (Å²) >= 11 is 1.78. The second-order valence-corrected chi connectivity index (χ2v) is 4.63. The van der Waals surface area contributed by atoms with Crippen molar-refractivity contribution < 1.29 is 0 Å². The van der Waals surface area contributed by atoms with E-state index in [0.717, 1.165) is 11.5 Å². The van der Waals surface area contributed by atoms with Crippen molar-refractivity contribution in [3.05, 3.63) is 45.7 Å². The lowest BCUT2D eigenvalue weighted by Gasteiger charge is -1.93. The van der Waals surface area contributed by atoms with Crippen LogP contribution in [0, 0.1) is 13.8 Å². The smallest absolute Gasteiger partial charge is 0.125 e. The zero-order chi connectivity index (χ0) is 10.7. The molecule has 2 aromatic rings. The number of nitrogens with zero attached hydrogens (tertiary/aromatic N) is 2. The van der Waals surface area contributed by atoms with Gasteiger partial charge in [-0.3, -0.25) is 0 Å². The fourth-order valence-electron chi connectivity index (χ4n) is 1.28. The molecule has 0 aliphatic carbocycles. The van der Waals surface area contributed by atoms with Crippen molar-refractivity contribution in [2.45, 2.75) is 13.8 Å². The second kappa shape index (κ2) is 4.36. The number of hydrogen-bond donors (Lipinski definition) is 0. The van der Waals surface area contributed by atoms with Crippen LogP contribution >= 0.6 is 11.3 Å². The SMILES string of the molecule is Cc1nccc(/C=C/c2ccc(C)s2)n1. The van der Waals surface area contributed by atoms with Gasteiger partial charge in [-0.25, -0.2) is 9.97 Å². The van der Waals surface area contributed by atoms with Crippen molar-refractivity contribution in [1.82, 2.24) is 9.97 Å². The summed E-state index contributed by atoms with van der Waals surface area (Å²) in [4.78, 5) is 10.9. The minimum atomic E-state index is 0.805. The first kappa shape index (κ1) is 10.1. The lowest BCUT2D eigenvalue weighted by Crippen LogP contribution is -1.87. The minimum absolute atomic E-state index is 0.805. The number of hydrogen-bond acceptors (Lipinski definition) is 3. The largest absolute Gasteiger partial charge is 0.242 e. The molecule has 2 rings (SSSR count). The van der Waals surface area contributed by atoms with Gasteiger partial charge in [-0.05, 0) is 44.2 Å². The molecule has 3 heteroatoms. The van der Waals surface area contributed by atoms with Gasteiger partial charge < -0.3 is 0 Å². The van der Waals surface area contributed by atoms with E-state index in [4.69, 9.17) is 0 Å². The molecule has 0 saturated carbocycles. The Morgan fingerprint density at radius 2 is 2.00 bits per heavy atom. The molecule has 0 amide bonds. The Labute approximate surface area is 93.3 Å². The predicted octanol–water partition coefficient (Wildman–Crippen LogP) is 3.33. The maximum absolute atomic E-state index is 4.30. The summed E-state index contributed by atoms with van der Waals surface area (Å²) in [5.41, 5.74) is 0.952. The van der Waals surface area contributed by atoms with E-state index in [1.165, 1.54) is 9.75 Å². The lowest BCUT2D eigenvalue weighted by atomic mass is 10.3. The van der Waals surface area contributed by atoms with Gasteiger partial charge in [0.1, 0.15) is 5.82 Å². The van der Waals surface area contributed by atoms with Gasteiger partial charge in [0.25, 0.3) is 0 Å². The summed E-state index contributed by atoms with van der Waals surface area (Å²) in [6.45, 7) is 4.00. The average Bonchev–Trinajstić information content (AvgIpc) is 2.62. The van der Waals surface area contributed by atoms with Crippen molar-refractivity contribution in [3.63, 3.8) is 0 Å². The fraction of sp³-hybridized carbons (Fsp3) is 0.167. The van der Waals surface area contributed by atoms with Crippen LogP contribution < -0.4 is 0 Å². The summed E-state index contributed by atoms with van der Waals surface area (Å²) in [7, 11) is 0. The van der Waals surface area contributed by atoms with E-state index in [1.807, 2.05) is 19.1 Å². The van der Waals surface area contributed by atoms with Crippen LogP contribution in [0.2, 0.25) is 0 Å². The summed E-state index contributed by atoms with van der Waals surface area (Å²) in [5.74, 6) is 0.805. The molecule has 76 valence electrons. The standard InChI is InChI=1S/C12H12N2S/c1-9-3-5-12(15-9)6-4-11-7-8-13-10(2)14-11/h3-8H,1-2H3/b6-4+. The molecule has 2 nitrogen and oxygen atoms in total. The van der Waals surface area contributed by atoms with Crippen molar-refractivity contribution in [1.29, 1.82) is 0 Å². The van der Waals surface area contributed by atoms with Gasteiger partial charge in [0.05, 0.1) is 5.69 Å². The quantitative estimate of drug-likeness (QED) is 0.769. The normalized spacial score (nSPS) is 11.1. The molecule has 0 radical (unpaired) electrons. The molecule has 15 heavy (non-hydrogen) atoms. The van der Waals surface area contributed by atoms with Gasteiger partial charge in [0.2, 0.25) is 0 Å². The topological polar surface area (TPSA) is 25.8 Å². The monoisotopic (exact) mass is 216 g/mol. The van der Waals surface area contributed by atoms with E-state index in [-0.39, 0.29) is 0 Å². The second-order valence-electron chi connectivity index (χ2n) is 3.31. The Kier molecular flexibility index (Phi) is 2.92. The maximum atomic E-state index is 4.30. The van der Waals surface area contributed by atoms with Crippen LogP contribution in [0.15, 0.2) is 24.4 Å². The highest BCUT2D eigenvalue weighted by Gasteiger charge is 1.93. The first-order valence-corrected chi connectivity index (χ1v) is 5.60. The molecule has 0 unspecified atom stereocenters. The Balaban J connectivity index is 2.18. The Hall–Kier alpha value is -1.48. The highest BCUT2D eigenvalue weighted by Crippen LogP contribution is 2.17. The van der Waals surface area contributed by atoms with Crippen molar-refractivity contribution >= 4 is 23.5 Å². The first-order valence-electron chi connectivity index (χ1n) is 4.78. The zero-order valence-corrected chi connectivity index (χ0v) is 9.58. The first-order chi connectivity index (χ1) is 7.24. The molecule has 0 aromatic carbocycles. The molecular formula is C12H12N2S. The van der Waals surface area contributed by atoms with Crippen LogP contribution in [0.3, 0.4) is 0 Å². The summed E-state index contributed by atoms with van der Waals surface area (Å²) < 4.78 is 0. The number of thiophene rings is 1. The van der Waals surface area contributed by atoms with E-state index >= 15 is 0 Å². The van der Waals surface area contributed by atoms with Crippen LogP contribution in [-0.4, -0.2) is 9.97 Å². The van der Waals surface area contributed by atoms with Crippen LogP contribution in [0.4, 0.5) is 0 Å². The van der Waals surface area contributed by atoms with Gasteiger partial charge in [0, 0.05) is 16.0 Å². The fourth-order valence-corrected chi connectivity index (χ4v) is 2.06. The van der Waals surface area contributed by atoms with Crippen molar-refractivity contribution in [3.8, 4) is 0 Å². The molecule has 0 fully saturated rings. The van der Waals surface area contributed by atoms with E-state index in [9.17, 15) is 0 Å². The van der Waals surface area contributed by atoms with Gasteiger partial charge in [-0.1, -0.05) is 0 Å². The lowest BCUT2D eigenvalue weighted by molar-refractivity contribution is 1.04. The highest BCUT2D eigenvalue weighted by molar-refractivity contribution is 7.12. The minimum Gasteiger partial charge on any atom is -0.242 e. The summed E-state index contributed by atoms with van der Waals surface area (Å²) in [5, 5.41) is 0. The van der Waals surface area contributed by atoms with Gasteiger partial charge >= 0.3 is 0 Å². The van der Waals surface area contributed by atoms with Crippen LogP contribution in [0.1, 0.15) is 21.3 Å². The molecule has 2 aromatic heterocycles. The van der Waals surface area contributed by atoms with E-state index in [0.29, 0.717) is 0 Å². The highest BCUT2D eigenvalue weighted by atomic mass is 32.1. The molecule has 0 spiro atoms. The molecule has 2 heterocycles. The van der Waals surface area contributed by atoms with E-state index in [1.54, 1.807) is 17.5 Å². The molecule has 0 bridgehead atoms. The summed E-state index contributed by atoms with van der Waals surface area (Å²) in [6.07, 6.45) is 5.88. The van der Waals surface area contributed by atoms with Crippen LogP contribution in [0.5, 0.6) is 0 Å². The number of aromatic nitrogens is 2. The Morgan fingerprint density at radius 1 is 1.13 bits per heavy atom. The van der Waals surface area contributed by atoms with Crippen LogP contribution in [0.25, 0.3) is 12.2 Å². The third kappa shape index (κ3) is 2.73. The van der Waals surface area contributed by atoms with Crippen molar-refractivity contribution in [2.24, 2.45) is 0 Å². The molecule has 0 N–H and O–H groups in total. The number of rotatable bonds is 2. The average molecular weight is 216 g/mol. The van der Waals surface area contributed by atoms with Crippen molar-refractivity contribution in [2.75, 3.05) is 0 Å². The third-order valence-electron chi connectivity index (χ3n) is 1.98. The van der Waals surface area contributed by atoms with Crippen LogP contribution in [-0.2, 0) is 0 Å². The van der Waals surface area contributed by atoms with Gasteiger partial charge in [0.15, 0.2) is 0 Å². The molecule has 0 atom stereocenters. The van der Waals surface area contributed by atoms with E-state index < -0.39 is 0 Å². The van der Waals surface area contributed by atoms with Gasteiger partial charge in [-0.2, -0.15) is 0 Å². The Bertz CT molecular complexity index is 486.